The third-order valence-corrected chi connectivity index (χ3v) is 5.41. The Morgan fingerprint density at radius 1 is 1.03 bits per heavy atom. The number of Topliss-reactive ketones (excluding diaryl/α,β-unsaturated/α-hetero) is 1. The molecule has 4 rings (SSSR count). The van der Waals surface area contributed by atoms with Gasteiger partial charge < -0.3 is 14.8 Å². The molecule has 0 saturated heterocycles. The summed E-state index contributed by atoms with van der Waals surface area (Å²) in [5, 5.41) is 7.67. The summed E-state index contributed by atoms with van der Waals surface area (Å²) in [6, 6.07) is 7.71. The molecule has 1 aliphatic rings. The van der Waals surface area contributed by atoms with E-state index >= 15 is 0 Å². The maximum atomic E-state index is 13.1. The molecule has 8 nitrogen and oxygen atoms in total. The Kier molecular flexibility index (Phi) is 5.15. The van der Waals surface area contributed by atoms with Gasteiger partial charge in [-0.1, -0.05) is 6.07 Å². The molecular weight excluding hydrogens is 382 g/mol. The number of carbonyl (C=O) groups is 1. The number of methoxy groups -OCH3 is 2. The van der Waals surface area contributed by atoms with Crippen molar-refractivity contribution in [1.29, 1.82) is 0 Å². The predicted octanol–water partition coefficient (Wildman–Crippen LogP) is 3.25. The number of ketones is 1. The van der Waals surface area contributed by atoms with Crippen LogP contribution >= 0.6 is 0 Å². The topological polar surface area (TPSA) is 91.2 Å². The number of carbonyl (C=O) groups excluding carboxylic acids is 1. The van der Waals surface area contributed by atoms with Gasteiger partial charge in [0.15, 0.2) is 23.1 Å². The molecule has 1 aliphatic carbocycles. The number of aromatic nitrogens is 4. The minimum Gasteiger partial charge on any atom is -0.493 e. The van der Waals surface area contributed by atoms with E-state index in [2.05, 4.69) is 20.4 Å². The van der Waals surface area contributed by atoms with Gasteiger partial charge in [-0.2, -0.15) is 0 Å². The summed E-state index contributed by atoms with van der Waals surface area (Å²) in [7, 11) is 4.98. The van der Waals surface area contributed by atoms with Crippen LogP contribution in [0.5, 0.6) is 11.5 Å². The fourth-order valence-electron chi connectivity index (χ4n) is 4.05. The van der Waals surface area contributed by atoms with E-state index in [1.807, 2.05) is 38.1 Å². The lowest BCUT2D eigenvalue weighted by atomic mass is 9.82. The van der Waals surface area contributed by atoms with E-state index in [4.69, 9.17) is 9.47 Å². The Bertz CT molecular complexity index is 1100. The second kappa shape index (κ2) is 7.78. The molecule has 0 spiro atoms. The maximum Gasteiger partial charge on any atom is 0.251 e. The van der Waals surface area contributed by atoms with Crippen LogP contribution in [0.1, 0.15) is 45.3 Å². The molecule has 1 atom stereocenters. The predicted molar refractivity (Wildman–Crippen MR) is 113 cm³/mol. The highest BCUT2D eigenvalue weighted by Crippen LogP contribution is 2.39. The molecule has 1 unspecified atom stereocenters. The number of nitrogens with one attached hydrogen (secondary N) is 1. The van der Waals surface area contributed by atoms with Gasteiger partial charge in [0.2, 0.25) is 0 Å². The molecule has 30 heavy (non-hydrogen) atoms. The summed E-state index contributed by atoms with van der Waals surface area (Å²) in [5.74, 6) is 2.40. The van der Waals surface area contributed by atoms with E-state index in [1.165, 1.54) is 0 Å². The molecule has 0 bridgehead atoms. The third-order valence-electron chi connectivity index (χ3n) is 5.41. The second-order valence-corrected chi connectivity index (χ2v) is 7.43. The molecule has 156 valence electrons. The van der Waals surface area contributed by atoms with Crippen molar-refractivity contribution in [2.24, 2.45) is 0 Å². The maximum absolute atomic E-state index is 13.1. The molecule has 1 N–H and O–H groups in total. The molecule has 2 heterocycles. The van der Waals surface area contributed by atoms with E-state index in [-0.39, 0.29) is 11.7 Å². The highest BCUT2D eigenvalue weighted by atomic mass is 16.5. The van der Waals surface area contributed by atoms with Gasteiger partial charge in [-0.05, 0) is 49.9 Å². The van der Waals surface area contributed by atoms with Gasteiger partial charge >= 0.3 is 0 Å². The van der Waals surface area contributed by atoms with Crippen molar-refractivity contribution in [1.82, 2.24) is 19.7 Å². The highest BCUT2D eigenvalue weighted by Gasteiger charge is 2.34. The fraction of sp³-hybridized carbons (Fsp3) is 0.364. The van der Waals surface area contributed by atoms with E-state index in [0.717, 1.165) is 22.6 Å². The molecule has 0 amide bonds. The monoisotopic (exact) mass is 407 g/mol. The van der Waals surface area contributed by atoms with E-state index in [0.29, 0.717) is 41.7 Å². The van der Waals surface area contributed by atoms with Crippen molar-refractivity contribution in [3.63, 3.8) is 0 Å². The number of anilines is 1. The van der Waals surface area contributed by atoms with Gasteiger partial charge in [0, 0.05) is 24.9 Å². The number of aryl methyl sites for hydroxylation is 2. The van der Waals surface area contributed by atoms with Gasteiger partial charge in [-0.25, -0.2) is 14.6 Å². The van der Waals surface area contributed by atoms with E-state index in [9.17, 15) is 4.79 Å². The second-order valence-electron chi connectivity index (χ2n) is 7.43. The molecule has 0 fully saturated rings. The molecule has 0 radical (unpaired) electrons. The molecule has 2 aromatic heterocycles. The average Bonchev–Trinajstić information content (AvgIpc) is 3.12. The lowest BCUT2D eigenvalue weighted by Gasteiger charge is -2.23. The van der Waals surface area contributed by atoms with Crippen molar-refractivity contribution in [3.8, 4) is 17.4 Å². The third kappa shape index (κ3) is 3.38. The number of rotatable bonds is 5. The van der Waals surface area contributed by atoms with E-state index < -0.39 is 0 Å². The summed E-state index contributed by atoms with van der Waals surface area (Å²) in [6.45, 7) is 3.84. The SMILES string of the molecule is CNc1nn(-c2nc(C)cc(C)n2)c2c1C(=O)CC(c1ccc(OC)c(OC)c1)C2. The van der Waals surface area contributed by atoms with Gasteiger partial charge in [-0.15, -0.1) is 5.10 Å². The fourth-order valence-corrected chi connectivity index (χ4v) is 4.05. The quantitative estimate of drug-likeness (QED) is 0.694. The van der Waals surface area contributed by atoms with Gasteiger partial charge in [0.05, 0.1) is 25.5 Å². The Morgan fingerprint density at radius 2 is 1.73 bits per heavy atom. The Balaban J connectivity index is 1.80. The standard InChI is InChI=1S/C22H25N5O3/c1-12-8-13(2)25-22(24-12)27-16-9-15(10-17(28)20(16)21(23-3)26-27)14-6-7-18(29-4)19(11-14)30-5/h6-8,11,15H,9-10H2,1-5H3,(H,23,26). The van der Waals surface area contributed by atoms with Crippen LogP contribution in [0.15, 0.2) is 24.3 Å². The summed E-state index contributed by atoms with van der Waals surface area (Å²) in [5.41, 5.74) is 4.17. The van der Waals surface area contributed by atoms with Crippen LogP contribution in [-0.4, -0.2) is 46.8 Å². The molecule has 0 saturated carbocycles. The summed E-state index contributed by atoms with van der Waals surface area (Å²) in [6.07, 6.45) is 1.04. The van der Waals surface area contributed by atoms with Crippen molar-refractivity contribution >= 4 is 11.6 Å². The average molecular weight is 407 g/mol. The molecule has 1 aromatic carbocycles. The first kappa shape index (κ1) is 19.9. The first-order chi connectivity index (χ1) is 14.4. The molecular formula is C22H25N5O3. The number of fused-ring (bicyclic) bond motifs is 1. The summed E-state index contributed by atoms with van der Waals surface area (Å²) in [4.78, 5) is 22.2. The van der Waals surface area contributed by atoms with Gasteiger partial charge in [0.25, 0.3) is 5.95 Å². The zero-order valence-corrected chi connectivity index (χ0v) is 17.8. The van der Waals surface area contributed by atoms with Crippen LogP contribution in [0, 0.1) is 13.8 Å². The number of nitrogens with zero attached hydrogens (tertiary/aromatic N) is 4. The number of benzene rings is 1. The Labute approximate surface area is 175 Å². The highest BCUT2D eigenvalue weighted by molar-refractivity contribution is 6.03. The largest absolute Gasteiger partial charge is 0.493 e. The molecule has 8 heteroatoms. The van der Waals surface area contributed by atoms with Crippen molar-refractivity contribution in [2.75, 3.05) is 26.6 Å². The molecule has 0 aliphatic heterocycles. The zero-order valence-electron chi connectivity index (χ0n) is 17.8. The molecule has 3 aromatic rings. The minimum atomic E-state index is -0.00383. The van der Waals surface area contributed by atoms with Crippen LogP contribution in [0.4, 0.5) is 5.82 Å². The van der Waals surface area contributed by atoms with Crippen molar-refractivity contribution < 1.29 is 14.3 Å². The Morgan fingerprint density at radius 3 is 2.37 bits per heavy atom. The van der Waals surface area contributed by atoms with Crippen LogP contribution in [-0.2, 0) is 6.42 Å². The lowest BCUT2D eigenvalue weighted by Crippen LogP contribution is -2.21. The van der Waals surface area contributed by atoms with Gasteiger partial charge in [0.1, 0.15) is 0 Å². The summed E-state index contributed by atoms with van der Waals surface area (Å²) < 4.78 is 12.5. The van der Waals surface area contributed by atoms with Crippen molar-refractivity contribution in [3.05, 3.63) is 52.5 Å². The van der Waals surface area contributed by atoms with Gasteiger partial charge in [-0.3, -0.25) is 4.79 Å². The first-order valence-corrected chi connectivity index (χ1v) is 9.82. The zero-order chi connectivity index (χ0) is 21.4. The number of ether oxygens (including phenoxy) is 2. The smallest absolute Gasteiger partial charge is 0.251 e. The van der Waals surface area contributed by atoms with Crippen LogP contribution < -0.4 is 14.8 Å². The minimum absolute atomic E-state index is 0.00383. The lowest BCUT2D eigenvalue weighted by molar-refractivity contribution is 0.0964. The Hall–Kier alpha value is -3.42. The normalized spacial score (nSPS) is 15.6. The number of hydrogen-bond donors (Lipinski definition) is 1. The summed E-state index contributed by atoms with van der Waals surface area (Å²) >= 11 is 0. The number of hydrogen-bond acceptors (Lipinski definition) is 7. The van der Waals surface area contributed by atoms with Crippen LogP contribution in [0.25, 0.3) is 5.95 Å². The van der Waals surface area contributed by atoms with Crippen LogP contribution in [0.3, 0.4) is 0 Å². The van der Waals surface area contributed by atoms with Crippen molar-refractivity contribution in [2.45, 2.75) is 32.6 Å². The first-order valence-electron chi connectivity index (χ1n) is 9.82. The van der Waals surface area contributed by atoms with Crippen LogP contribution in [0.2, 0.25) is 0 Å². The van der Waals surface area contributed by atoms with E-state index in [1.54, 1.807) is 25.9 Å².